The smallest absolute Gasteiger partial charge is 0.267 e. The highest BCUT2D eigenvalue weighted by Gasteiger charge is 2.38. The van der Waals surface area contributed by atoms with Crippen molar-refractivity contribution in [3.63, 3.8) is 0 Å². The summed E-state index contributed by atoms with van der Waals surface area (Å²) in [6.45, 7) is 0. The van der Waals surface area contributed by atoms with Gasteiger partial charge in [-0.25, -0.2) is 9.36 Å². The molecule has 0 spiro atoms. The molecule has 0 saturated carbocycles. The van der Waals surface area contributed by atoms with Gasteiger partial charge in [-0.1, -0.05) is 36.4 Å². The van der Waals surface area contributed by atoms with Crippen molar-refractivity contribution in [3.8, 4) is 0 Å². The van der Waals surface area contributed by atoms with Gasteiger partial charge in [0.15, 0.2) is 0 Å². The van der Waals surface area contributed by atoms with Gasteiger partial charge in [0, 0.05) is 0 Å². The van der Waals surface area contributed by atoms with Crippen molar-refractivity contribution in [2.24, 2.45) is 0 Å². The van der Waals surface area contributed by atoms with Gasteiger partial charge in [-0.05, 0) is 36.1 Å². The highest BCUT2D eigenvalue weighted by Crippen LogP contribution is 2.43. The van der Waals surface area contributed by atoms with E-state index in [2.05, 4.69) is 12.1 Å². The van der Waals surface area contributed by atoms with Crippen LogP contribution in [0, 0.1) is 0 Å². The van der Waals surface area contributed by atoms with E-state index < -0.39 is 0 Å². The van der Waals surface area contributed by atoms with Gasteiger partial charge in [-0.3, -0.25) is 9.59 Å². The highest BCUT2D eigenvalue weighted by molar-refractivity contribution is 5.80. The number of nitrogens with zero attached hydrogens (tertiary/aromatic N) is 2. The summed E-state index contributed by atoms with van der Waals surface area (Å²) in [7, 11) is 0. The zero-order chi connectivity index (χ0) is 14.8. The summed E-state index contributed by atoms with van der Waals surface area (Å²) >= 11 is 0. The van der Waals surface area contributed by atoms with Gasteiger partial charge in [0.1, 0.15) is 0 Å². The van der Waals surface area contributed by atoms with Crippen molar-refractivity contribution in [2.75, 3.05) is 0 Å². The Morgan fingerprint density at radius 2 is 1.09 bits per heavy atom. The predicted molar refractivity (Wildman–Crippen MR) is 84.4 cm³/mol. The standard InChI is InChI=1S/C18H14N2O2/c21-17-13-7-3-4-8-14(13)18(22)20-16-10-9-15(19(17)20)11-5-1-2-6-12(11)16/h1-8,15-16H,9-10H2. The Hall–Kier alpha value is -2.62. The Balaban J connectivity index is 1.98. The van der Waals surface area contributed by atoms with Gasteiger partial charge < -0.3 is 0 Å². The van der Waals surface area contributed by atoms with Gasteiger partial charge in [-0.2, -0.15) is 0 Å². The molecule has 1 aromatic heterocycles. The van der Waals surface area contributed by atoms with Crippen molar-refractivity contribution >= 4 is 10.8 Å². The second kappa shape index (κ2) is 3.97. The molecule has 0 fully saturated rings. The topological polar surface area (TPSA) is 44.0 Å². The van der Waals surface area contributed by atoms with Gasteiger partial charge in [0.25, 0.3) is 11.1 Å². The molecule has 0 radical (unpaired) electrons. The first-order valence-corrected chi connectivity index (χ1v) is 7.62. The van der Waals surface area contributed by atoms with Crippen molar-refractivity contribution in [3.05, 3.63) is 80.4 Å². The minimum absolute atomic E-state index is 0.0222. The van der Waals surface area contributed by atoms with Gasteiger partial charge >= 0.3 is 0 Å². The molecular formula is C18H14N2O2. The zero-order valence-corrected chi connectivity index (χ0v) is 11.9. The summed E-state index contributed by atoms with van der Waals surface area (Å²) in [6, 6.07) is 15.3. The first-order chi connectivity index (χ1) is 10.8. The van der Waals surface area contributed by atoms with E-state index in [0.717, 1.165) is 12.8 Å². The van der Waals surface area contributed by atoms with Crippen LogP contribution in [0.1, 0.15) is 36.1 Å². The molecule has 2 unspecified atom stereocenters. The first kappa shape index (κ1) is 12.0. The lowest BCUT2D eigenvalue weighted by Crippen LogP contribution is -2.49. The fourth-order valence-corrected chi connectivity index (χ4v) is 4.13. The molecular weight excluding hydrogens is 276 g/mol. The van der Waals surface area contributed by atoms with E-state index >= 15 is 0 Å². The predicted octanol–water partition coefficient (Wildman–Crippen LogP) is 2.45. The monoisotopic (exact) mass is 290 g/mol. The van der Waals surface area contributed by atoms with E-state index in [-0.39, 0.29) is 23.2 Å². The summed E-state index contributed by atoms with van der Waals surface area (Å²) in [5.41, 5.74) is 2.27. The van der Waals surface area contributed by atoms with E-state index in [4.69, 9.17) is 0 Å². The van der Waals surface area contributed by atoms with Crippen molar-refractivity contribution in [2.45, 2.75) is 24.9 Å². The molecule has 2 aliphatic heterocycles. The Morgan fingerprint density at radius 3 is 1.55 bits per heavy atom. The summed E-state index contributed by atoms with van der Waals surface area (Å²) in [5.74, 6) is 0. The van der Waals surface area contributed by atoms with E-state index in [0.29, 0.717) is 10.8 Å². The lowest BCUT2D eigenvalue weighted by molar-refractivity contribution is 0.230. The summed E-state index contributed by atoms with van der Waals surface area (Å²) in [4.78, 5) is 25.9. The van der Waals surface area contributed by atoms with E-state index in [1.165, 1.54) is 11.1 Å². The van der Waals surface area contributed by atoms with Crippen LogP contribution in [0.15, 0.2) is 58.1 Å². The molecule has 4 nitrogen and oxygen atoms in total. The summed E-state index contributed by atoms with van der Waals surface area (Å²) in [5, 5.41) is 1.04. The van der Waals surface area contributed by atoms with E-state index in [1.807, 2.05) is 24.3 Å². The fourth-order valence-electron chi connectivity index (χ4n) is 4.13. The maximum atomic E-state index is 12.9. The molecule has 0 saturated heterocycles. The zero-order valence-electron chi connectivity index (χ0n) is 11.9. The lowest BCUT2D eigenvalue weighted by atomic mass is 9.82. The average molecular weight is 290 g/mol. The third-order valence-electron chi connectivity index (χ3n) is 5.05. The molecule has 1 aliphatic carbocycles. The molecule has 108 valence electrons. The lowest BCUT2D eigenvalue weighted by Gasteiger charge is -2.42. The molecule has 4 heteroatoms. The van der Waals surface area contributed by atoms with Crippen LogP contribution < -0.4 is 11.1 Å². The number of rotatable bonds is 0. The fraction of sp³-hybridized carbons (Fsp3) is 0.222. The number of hydrogen-bond donors (Lipinski definition) is 0. The minimum atomic E-state index is -0.0561. The summed E-state index contributed by atoms with van der Waals surface area (Å²) < 4.78 is 3.39. The average Bonchev–Trinajstić information content (AvgIpc) is 2.59. The van der Waals surface area contributed by atoms with E-state index in [9.17, 15) is 9.59 Å². The van der Waals surface area contributed by atoms with Crippen LogP contribution in [-0.4, -0.2) is 9.36 Å². The Morgan fingerprint density at radius 1 is 0.682 bits per heavy atom. The van der Waals surface area contributed by atoms with Crippen LogP contribution in [0.4, 0.5) is 0 Å². The van der Waals surface area contributed by atoms with Gasteiger partial charge in [0.05, 0.1) is 22.9 Å². The Labute approximate surface area is 126 Å². The van der Waals surface area contributed by atoms with Crippen molar-refractivity contribution in [1.29, 1.82) is 0 Å². The molecule has 0 amide bonds. The molecule has 2 bridgehead atoms. The van der Waals surface area contributed by atoms with Crippen LogP contribution in [0.25, 0.3) is 10.8 Å². The van der Waals surface area contributed by atoms with Gasteiger partial charge in [-0.15, -0.1) is 0 Å². The number of aromatic nitrogens is 2. The number of fused-ring (bicyclic) bond motifs is 2. The highest BCUT2D eigenvalue weighted by atomic mass is 16.2. The van der Waals surface area contributed by atoms with Crippen LogP contribution in [0.5, 0.6) is 0 Å². The van der Waals surface area contributed by atoms with Crippen LogP contribution in [0.3, 0.4) is 0 Å². The molecule has 3 heterocycles. The Bertz CT molecular complexity index is 961. The Kier molecular flexibility index (Phi) is 2.16. The SMILES string of the molecule is O=c1c2ccccc2c(=O)n2n1C1CCC2c2ccccc21. The van der Waals surface area contributed by atoms with Crippen molar-refractivity contribution in [1.82, 2.24) is 9.36 Å². The van der Waals surface area contributed by atoms with Crippen LogP contribution in [-0.2, 0) is 0 Å². The van der Waals surface area contributed by atoms with Crippen LogP contribution in [0.2, 0.25) is 0 Å². The maximum absolute atomic E-state index is 12.9. The first-order valence-electron chi connectivity index (χ1n) is 7.62. The van der Waals surface area contributed by atoms with Crippen molar-refractivity contribution < 1.29 is 0 Å². The molecule has 22 heavy (non-hydrogen) atoms. The molecule has 3 aliphatic rings. The normalized spacial score (nSPS) is 21.6. The largest absolute Gasteiger partial charge is 0.273 e. The van der Waals surface area contributed by atoms with Gasteiger partial charge in [0.2, 0.25) is 0 Å². The third-order valence-corrected chi connectivity index (χ3v) is 5.05. The molecule has 0 N–H and O–H groups in total. The quantitative estimate of drug-likeness (QED) is 0.638. The summed E-state index contributed by atoms with van der Waals surface area (Å²) in [6.07, 6.45) is 1.83. The minimum Gasteiger partial charge on any atom is -0.267 e. The molecule has 3 aromatic rings. The van der Waals surface area contributed by atoms with E-state index in [1.54, 1.807) is 21.5 Å². The molecule has 2 atom stereocenters. The second-order valence-corrected chi connectivity index (χ2v) is 6.08. The number of benzene rings is 2. The second-order valence-electron chi connectivity index (χ2n) is 6.08. The van der Waals surface area contributed by atoms with Crippen LogP contribution >= 0.6 is 0 Å². The number of hydrogen-bond acceptors (Lipinski definition) is 2. The maximum Gasteiger partial charge on any atom is 0.273 e. The molecule has 2 aromatic carbocycles. The molecule has 6 rings (SSSR count). The third kappa shape index (κ3) is 1.28.